The molecule has 24 heavy (non-hydrogen) atoms. The lowest BCUT2D eigenvalue weighted by molar-refractivity contribution is 1.61. The highest BCUT2D eigenvalue weighted by atomic mass is 14.5. The molecule has 0 unspecified atom stereocenters. The predicted molar refractivity (Wildman–Crippen MR) is 106 cm³/mol. The molecule has 3 aromatic carbocycles. The molecule has 0 aliphatic heterocycles. The summed E-state index contributed by atoms with van der Waals surface area (Å²) < 4.78 is 0. The molecule has 0 aliphatic carbocycles. The minimum absolute atomic E-state index is 0.777. The Morgan fingerprint density at radius 3 is 1.21 bits per heavy atom. The van der Waals surface area contributed by atoms with Crippen LogP contribution in [0.25, 0.3) is 24.3 Å². The van der Waals surface area contributed by atoms with Gasteiger partial charge >= 0.3 is 0 Å². The summed E-state index contributed by atoms with van der Waals surface area (Å²) in [6.07, 6.45) is 8.29. The van der Waals surface area contributed by atoms with E-state index in [-0.39, 0.29) is 0 Å². The Bertz CT molecular complexity index is 800. The molecule has 0 atom stereocenters. The zero-order valence-electron chi connectivity index (χ0n) is 13.4. The smallest absolute Gasteiger partial charge is 0.0319 e. The Labute approximate surface area is 142 Å². The first-order valence-corrected chi connectivity index (χ1v) is 7.86. The van der Waals surface area contributed by atoms with Gasteiger partial charge in [0.25, 0.3) is 0 Å². The molecule has 0 bridgehead atoms. The van der Waals surface area contributed by atoms with Crippen molar-refractivity contribution in [3.8, 4) is 0 Å². The maximum atomic E-state index is 5.79. The first-order chi connectivity index (χ1) is 11.7. The third kappa shape index (κ3) is 4.37. The summed E-state index contributed by atoms with van der Waals surface area (Å²) in [5, 5.41) is 0. The van der Waals surface area contributed by atoms with Crippen LogP contribution in [0.5, 0.6) is 0 Å². The van der Waals surface area contributed by atoms with Crippen molar-refractivity contribution in [2.24, 2.45) is 0 Å². The zero-order valence-corrected chi connectivity index (χ0v) is 13.4. The van der Waals surface area contributed by atoms with Crippen LogP contribution in [0.3, 0.4) is 0 Å². The second-order valence-electron chi connectivity index (χ2n) is 5.67. The fourth-order valence-electron chi connectivity index (χ4n) is 2.43. The van der Waals surface area contributed by atoms with E-state index in [0.717, 1.165) is 33.6 Å². The van der Waals surface area contributed by atoms with Gasteiger partial charge in [0.05, 0.1) is 0 Å². The van der Waals surface area contributed by atoms with Gasteiger partial charge in [0, 0.05) is 11.4 Å². The fourth-order valence-corrected chi connectivity index (χ4v) is 2.43. The van der Waals surface area contributed by atoms with Gasteiger partial charge < -0.3 is 11.5 Å². The molecule has 118 valence electrons. The van der Waals surface area contributed by atoms with Crippen LogP contribution in [0, 0.1) is 0 Å². The number of hydrogen-bond donors (Lipinski definition) is 2. The summed E-state index contributed by atoms with van der Waals surface area (Å²) in [4.78, 5) is 0. The van der Waals surface area contributed by atoms with Gasteiger partial charge in [-0.15, -0.1) is 0 Å². The Hall–Kier alpha value is -3.26. The number of anilines is 2. The molecule has 4 N–H and O–H groups in total. The van der Waals surface area contributed by atoms with Crippen LogP contribution in [0.2, 0.25) is 0 Å². The van der Waals surface area contributed by atoms with Crippen molar-refractivity contribution in [1.29, 1.82) is 0 Å². The molecular formula is C22H20N2. The van der Waals surface area contributed by atoms with Crippen molar-refractivity contribution < 1.29 is 0 Å². The lowest BCUT2D eigenvalue weighted by Crippen LogP contribution is -1.83. The number of nitrogen functional groups attached to an aromatic ring is 2. The Morgan fingerprint density at radius 1 is 0.458 bits per heavy atom. The SMILES string of the molecule is Nc1cccc(C=Cc2ccc(C=Cc3cccc(N)c3)cc2)c1. The summed E-state index contributed by atoms with van der Waals surface area (Å²) in [5.74, 6) is 0. The van der Waals surface area contributed by atoms with Gasteiger partial charge in [-0.05, 0) is 46.5 Å². The highest BCUT2D eigenvalue weighted by Crippen LogP contribution is 2.14. The van der Waals surface area contributed by atoms with Crippen LogP contribution in [0.15, 0.2) is 72.8 Å². The Kier molecular flexibility index (Phi) is 4.78. The van der Waals surface area contributed by atoms with Crippen LogP contribution < -0.4 is 11.5 Å². The molecule has 3 rings (SSSR count). The average Bonchev–Trinajstić information content (AvgIpc) is 2.59. The van der Waals surface area contributed by atoms with Crippen molar-refractivity contribution in [3.63, 3.8) is 0 Å². The topological polar surface area (TPSA) is 52.0 Å². The fraction of sp³-hybridized carbons (Fsp3) is 0. The predicted octanol–water partition coefficient (Wildman–Crippen LogP) is 5.19. The lowest BCUT2D eigenvalue weighted by atomic mass is 10.1. The molecule has 0 heterocycles. The molecule has 2 heteroatoms. The first kappa shape index (κ1) is 15.6. The van der Waals surface area contributed by atoms with Crippen LogP contribution in [-0.4, -0.2) is 0 Å². The van der Waals surface area contributed by atoms with E-state index in [4.69, 9.17) is 11.5 Å². The third-order valence-corrected chi connectivity index (χ3v) is 3.69. The van der Waals surface area contributed by atoms with Gasteiger partial charge in [0.15, 0.2) is 0 Å². The van der Waals surface area contributed by atoms with Crippen molar-refractivity contribution in [3.05, 3.63) is 95.1 Å². The van der Waals surface area contributed by atoms with Gasteiger partial charge in [0.1, 0.15) is 0 Å². The first-order valence-electron chi connectivity index (χ1n) is 7.86. The number of hydrogen-bond acceptors (Lipinski definition) is 2. The summed E-state index contributed by atoms with van der Waals surface area (Å²) in [6, 6.07) is 24.1. The van der Waals surface area contributed by atoms with Gasteiger partial charge in [-0.1, -0.05) is 72.8 Å². The quantitative estimate of drug-likeness (QED) is 0.514. The largest absolute Gasteiger partial charge is 0.399 e. The molecule has 0 fully saturated rings. The van der Waals surface area contributed by atoms with Gasteiger partial charge in [0.2, 0.25) is 0 Å². The zero-order chi connectivity index (χ0) is 16.8. The summed E-state index contributed by atoms with van der Waals surface area (Å²) in [6.45, 7) is 0. The van der Waals surface area contributed by atoms with Crippen molar-refractivity contribution in [1.82, 2.24) is 0 Å². The highest BCUT2D eigenvalue weighted by molar-refractivity contribution is 5.74. The monoisotopic (exact) mass is 312 g/mol. The van der Waals surface area contributed by atoms with Gasteiger partial charge in [-0.3, -0.25) is 0 Å². The molecule has 0 amide bonds. The molecular weight excluding hydrogens is 292 g/mol. The molecule has 2 nitrogen and oxygen atoms in total. The van der Waals surface area contributed by atoms with E-state index in [2.05, 4.69) is 48.6 Å². The van der Waals surface area contributed by atoms with E-state index < -0.39 is 0 Å². The van der Waals surface area contributed by atoms with Gasteiger partial charge in [-0.25, -0.2) is 0 Å². The number of rotatable bonds is 4. The van der Waals surface area contributed by atoms with E-state index in [1.165, 1.54) is 0 Å². The van der Waals surface area contributed by atoms with Crippen LogP contribution in [0.4, 0.5) is 11.4 Å². The molecule has 0 saturated heterocycles. The molecule has 3 aromatic rings. The van der Waals surface area contributed by atoms with Crippen molar-refractivity contribution in [2.45, 2.75) is 0 Å². The van der Waals surface area contributed by atoms with Crippen molar-refractivity contribution >= 4 is 35.7 Å². The minimum Gasteiger partial charge on any atom is -0.399 e. The van der Waals surface area contributed by atoms with E-state index in [9.17, 15) is 0 Å². The second kappa shape index (κ2) is 7.34. The summed E-state index contributed by atoms with van der Waals surface area (Å²) >= 11 is 0. The van der Waals surface area contributed by atoms with Crippen LogP contribution in [0.1, 0.15) is 22.3 Å². The van der Waals surface area contributed by atoms with E-state index in [0.29, 0.717) is 0 Å². The maximum absolute atomic E-state index is 5.79. The lowest BCUT2D eigenvalue weighted by Gasteiger charge is -1.99. The Balaban J connectivity index is 1.69. The maximum Gasteiger partial charge on any atom is 0.0319 e. The third-order valence-electron chi connectivity index (χ3n) is 3.69. The molecule has 0 aromatic heterocycles. The normalized spacial score (nSPS) is 11.3. The highest BCUT2D eigenvalue weighted by Gasteiger charge is 1.92. The second-order valence-corrected chi connectivity index (χ2v) is 5.67. The molecule has 0 spiro atoms. The standard InChI is InChI=1S/C22H20N2/c23-21-5-1-3-19(15-21)13-11-17-7-9-18(10-8-17)12-14-20-4-2-6-22(24)16-20/h1-16H,23-24H2. The van der Waals surface area contributed by atoms with Crippen LogP contribution >= 0.6 is 0 Å². The number of nitrogens with two attached hydrogens (primary N) is 2. The minimum atomic E-state index is 0.777. The summed E-state index contributed by atoms with van der Waals surface area (Å²) in [5.41, 5.74) is 17.6. The molecule has 0 aliphatic rings. The van der Waals surface area contributed by atoms with E-state index in [1.807, 2.05) is 48.5 Å². The Morgan fingerprint density at radius 2 is 0.833 bits per heavy atom. The van der Waals surface area contributed by atoms with Crippen molar-refractivity contribution in [2.75, 3.05) is 11.5 Å². The average molecular weight is 312 g/mol. The molecule has 0 radical (unpaired) electrons. The number of benzene rings is 3. The van der Waals surface area contributed by atoms with Gasteiger partial charge in [-0.2, -0.15) is 0 Å². The van der Waals surface area contributed by atoms with Crippen LogP contribution in [-0.2, 0) is 0 Å². The van der Waals surface area contributed by atoms with E-state index >= 15 is 0 Å². The van der Waals surface area contributed by atoms with E-state index in [1.54, 1.807) is 0 Å². The summed E-state index contributed by atoms with van der Waals surface area (Å²) in [7, 11) is 0. The molecule has 0 saturated carbocycles.